The number of fused-ring (bicyclic) bond motifs is 1. The quantitative estimate of drug-likeness (QED) is 0.810. The third kappa shape index (κ3) is 2.08. The lowest BCUT2D eigenvalue weighted by atomic mass is 9.86. The van der Waals surface area contributed by atoms with Crippen LogP contribution in [0, 0.1) is 5.41 Å². The average molecular weight is 238 g/mol. The number of halogens is 1. The highest BCUT2D eigenvalue weighted by molar-refractivity contribution is 6.31. The van der Waals surface area contributed by atoms with Crippen LogP contribution in [0.25, 0.3) is 11.0 Å². The third-order valence-corrected chi connectivity index (χ3v) is 2.97. The molecule has 0 aliphatic carbocycles. The van der Waals surface area contributed by atoms with Gasteiger partial charge in [-0.2, -0.15) is 0 Å². The first-order valence-corrected chi connectivity index (χ1v) is 5.70. The lowest BCUT2D eigenvalue weighted by Gasteiger charge is -2.24. The maximum atomic E-state index is 6.15. The fourth-order valence-electron chi connectivity index (χ4n) is 1.61. The topological polar surface area (TPSA) is 39.2 Å². The summed E-state index contributed by atoms with van der Waals surface area (Å²) in [5.41, 5.74) is 6.96. The summed E-state index contributed by atoms with van der Waals surface area (Å²) < 4.78 is 5.73. The molecule has 0 bridgehead atoms. The van der Waals surface area contributed by atoms with Crippen LogP contribution < -0.4 is 5.73 Å². The zero-order valence-electron chi connectivity index (χ0n) is 9.75. The molecule has 0 aliphatic rings. The molecule has 0 unspecified atom stereocenters. The predicted octanol–water partition coefficient (Wildman–Crippen LogP) is 4.13. The van der Waals surface area contributed by atoms with E-state index in [0.717, 1.165) is 16.7 Å². The molecule has 1 aromatic heterocycles. The van der Waals surface area contributed by atoms with Gasteiger partial charge in [-0.1, -0.05) is 32.4 Å². The molecule has 0 radical (unpaired) electrons. The molecular weight excluding hydrogens is 222 g/mol. The van der Waals surface area contributed by atoms with Crippen molar-refractivity contribution in [2.75, 3.05) is 0 Å². The Morgan fingerprint density at radius 1 is 1.25 bits per heavy atom. The van der Waals surface area contributed by atoms with Gasteiger partial charge in [0.2, 0.25) is 0 Å². The van der Waals surface area contributed by atoms with Gasteiger partial charge in [0, 0.05) is 10.4 Å². The molecule has 0 saturated heterocycles. The van der Waals surface area contributed by atoms with E-state index >= 15 is 0 Å². The van der Waals surface area contributed by atoms with Gasteiger partial charge in [0.15, 0.2) is 0 Å². The van der Waals surface area contributed by atoms with Crippen LogP contribution in [0.5, 0.6) is 0 Å². The van der Waals surface area contributed by atoms with Gasteiger partial charge < -0.3 is 10.2 Å². The van der Waals surface area contributed by atoms with Gasteiger partial charge in [-0.25, -0.2) is 0 Å². The van der Waals surface area contributed by atoms with E-state index in [2.05, 4.69) is 20.8 Å². The molecule has 2 nitrogen and oxygen atoms in total. The van der Waals surface area contributed by atoms with Crippen molar-refractivity contribution in [2.24, 2.45) is 11.1 Å². The first kappa shape index (κ1) is 11.5. The van der Waals surface area contributed by atoms with Crippen LogP contribution in [-0.4, -0.2) is 0 Å². The number of rotatable bonds is 1. The molecule has 0 spiro atoms. The largest absolute Gasteiger partial charge is 0.459 e. The summed E-state index contributed by atoms with van der Waals surface area (Å²) in [6.07, 6.45) is 0. The molecular formula is C13H16ClNO. The Balaban J connectivity index is 2.47. The SMILES string of the molecule is CC(C)(C)[C@H](N)c1cc2cc(Cl)ccc2o1. The van der Waals surface area contributed by atoms with Gasteiger partial charge in [0.1, 0.15) is 11.3 Å². The zero-order chi connectivity index (χ0) is 11.9. The molecule has 16 heavy (non-hydrogen) atoms. The highest BCUT2D eigenvalue weighted by Crippen LogP contribution is 2.34. The van der Waals surface area contributed by atoms with Crippen LogP contribution in [0.3, 0.4) is 0 Å². The second-order valence-electron chi connectivity index (χ2n) is 5.17. The minimum Gasteiger partial charge on any atom is -0.459 e. The van der Waals surface area contributed by atoms with Crippen LogP contribution in [-0.2, 0) is 0 Å². The van der Waals surface area contributed by atoms with E-state index in [-0.39, 0.29) is 11.5 Å². The maximum absolute atomic E-state index is 6.15. The van der Waals surface area contributed by atoms with Crippen LogP contribution in [0.1, 0.15) is 32.6 Å². The molecule has 2 aromatic rings. The van der Waals surface area contributed by atoms with E-state index in [1.807, 2.05) is 24.3 Å². The van der Waals surface area contributed by atoms with E-state index in [4.69, 9.17) is 21.8 Å². The molecule has 0 amide bonds. The minimum absolute atomic E-state index is 0.0162. The van der Waals surface area contributed by atoms with Gasteiger partial charge in [-0.3, -0.25) is 0 Å². The molecule has 1 heterocycles. The minimum atomic E-state index is -0.112. The highest BCUT2D eigenvalue weighted by Gasteiger charge is 2.25. The van der Waals surface area contributed by atoms with Crippen molar-refractivity contribution in [3.63, 3.8) is 0 Å². The molecule has 0 aliphatic heterocycles. The van der Waals surface area contributed by atoms with Crippen LogP contribution in [0.2, 0.25) is 5.02 Å². The second kappa shape index (κ2) is 3.79. The van der Waals surface area contributed by atoms with Crippen molar-refractivity contribution in [3.05, 3.63) is 35.0 Å². The number of nitrogens with two attached hydrogens (primary N) is 1. The first-order chi connectivity index (χ1) is 7.38. The predicted molar refractivity (Wildman–Crippen MR) is 67.6 cm³/mol. The summed E-state index contributed by atoms with van der Waals surface area (Å²) in [5.74, 6) is 0.810. The Kier molecular flexibility index (Phi) is 2.72. The monoisotopic (exact) mass is 237 g/mol. The summed E-state index contributed by atoms with van der Waals surface area (Å²) in [5, 5.41) is 1.71. The van der Waals surface area contributed by atoms with Crippen LogP contribution in [0.15, 0.2) is 28.7 Å². The second-order valence-corrected chi connectivity index (χ2v) is 5.61. The molecule has 86 valence electrons. The van der Waals surface area contributed by atoms with E-state index in [1.54, 1.807) is 0 Å². The Bertz CT molecular complexity index is 510. The Labute approximate surface area is 100 Å². The van der Waals surface area contributed by atoms with E-state index in [9.17, 15) is 0 Å². The zero-order valence-corrected chi connectivity index (χ0v) is 10.5. The molecule has 1 atom stereocenters. The normalized spacial score (nSPS) is 14.3. The molecule has 3 heteroatoms. The fourth-order valence-corrected chi connectivity index (χ4v) is 1.80. The van der Waals surface area contributed by atoms with Gasteiger partial charge in [-0.15, -0.1) is 0 Å². The Morgan fingerprint density at radius 2 is 1.94 bits per heavy atom. The number of hydrogen-bond acceptors (Lipinski definition) is 2. The number of benzene rings is 1. The summed E-state index contributed by atoms with van der Waals surface area (Å²) in [6, 6.07) is 7.44. The van der Waals surface area contributed by atoms with Gasteiger partial charge in [0.25, 0.3) is 0 Å². The lowest BCUT2D eigenvalue weighted by Crippen LogP contribution is -2.25. The smallest absolute Gasteiger partial charge is 0.134 e. The van der Waals surface area contributed by atoms with Crippen molar-refractivity contribution in [2.45, 2.75) is 26.8 Å². The van der Waals surface area contributed by atoms with Crippen molar-refractivity contribution in [1.82, 2.24) is 0 Å². The van der Waals surface area contributed by atoms with Gasteiger partial charge in [0.05, 0.1) is 6.04 Å². The van der Waals surface area contributed by atoms with Gasteiger partial charge in [-0.05, 0) is 29.7 Å². The third-order valence-electron chi connectivity index (χ3n) is 2.74. The van der Waals surface area contributed by atoms with Crippen molar-refractivity contribution in [1.29, 1.82) is 0 Å². The molecule has 2 rings (SSSR count). The molecule has 0 fully saturated rings. The number of furan rings is 1. The maximum Gasteiger partial charge on any atom is 0.134 e. The molecule has 0 saturated carbocycles. The summed E-state index contributed by atoms with van der Waals surface area (Å²) >= 11 is 5.92. The van der Waals surface area contributed by atoms with E-state index in [0.29, 0.717) is 5.02 Å². The van der Waals surface area contributed by atoms with Crippen molar-refractivity contribution >= 4 is 22.6 Å². The molecule has 2 N–H and O–H groups in total. The van der Waals surface area contributed by atoms with Crippen LogP contribution in [0.4, 0.5) is 0 Å². The summed E-state index contributed by atoms with van der Waals surface area (Å²) in [7, 11) is 0. The highest BCUT2D eigenvalue weighted by atomic mass is 35.5. The van der Waals surface area contributed by atoms with E-state index in [1.165, 1.54) is 0 Å². The van der Waals surface area contributed by atoms with E-state index < -0.39 is 0 Å². The standard InChI is InChI=1S/C13H16ClNO/c1-13(2,3)12(15)11-7-8-6-9(14)4-5-10(8)16-11/h4-7,12H,15H2,1-3H3/t12-/m1/s1. The summed E-state index contributed by atoms with van der Waals surface area (Å²) in [6.45, 7) is 6.29. The lowest BCUT2D eigenvalue weighted by molar-refractivity contribution is 0.290. The number of hydrogen-bond donors (Lipinski definition) is 1. The fraction of sp³-hybridized carbons (Fsp3) is 0.385. The Morgan fingerprint density at radius 3 is 2.56 bits per heavy atom. The van der Waals surface area contributed by atoms with Crippen LogP contribution >= 0.6 is 11.6 Å². The summed E-state index contributed by atoms with van der Waals surface area (Å²) in [4.78, 5) is 0. The molecule has 1 aromatic carbocycles. The van der Waals surface area contributed by atoms with Crippen molar-refractivity contribution < 1.29 is 4.42 Å². The first-order valence-electron chi connectivity index (χ1n) is 5.32. The van der Waals surface area contributed by atoms with Gasteiger partial charge >= 0.3 is 0 Å². The Hall–Kier alpha value is -0.990. The van der Waals surface area contributed by atoms with Crippen molar-refractivity contribution in [3.8, 4) is 0 Å². The average Bonchev–Trinajstić information content (AvgIpc) is 2.57.